The molecule has 0 saturated carbocycles. The topological polar surface area (TPSA) is 85.8 Å². The molecule has 1 amide bonds. The van der Waals surface area contributed by atoms with Gasteiger partial charge in [0.15, 0.2) is 11.0 Å². The van der Waals surface area contributed by atoms with E-state index in [1.807, 2.05) is 53.1 Å². The lowest BCUT2D eigenvalue weighted by atomic mass is 10.1. The molecule has 0 bridgehead atoms. The van der Waals surface area contributed by atoms with E-state index in [1.54, 1.807) is 18.7 Å². The number of nitrogens with zero attached hydrogens (tertiary/aromatic N) is 4. The summed E-state index contributed by atoms with van der Waals surface area (Å²) < 4.78 is 7.42. The summed E-state index contributed by atoms with van der Waals surface area (Å²) in [5.41, 5.74) is 1.97. The predicted molar refractivity (Wildman–Crippen MR) is 120 cm³/mol. The van der Waals surface area contributed by atoms with E-state index in [-0.39, 0.29) is 11.7 Å². The first-order chi connectivity index (χ1) is 15.2. The number of hydrogen-bond acceptors (Lipinski definition) is 6. The van der Waals surface area contributed by atoms with Gasteiger partial charge in [0.25, 0.3) is 0 Å². The summed E-state index contributed by atoms with van der Waals surface area (Å²) in [5, 5.41) is 12.9. The van der Waals surface area contributed by atoms with Crippen LogP contribution >= 0.6 is 23.4 Å². The van der Waals surface area contributed by atoms with Gasteiger partial charge in [-0.05, 0) is 48.4 Å². The lowest BCUT2D eigenvalue weighted by Crippen LogP contribution is -2.27. The van der Waals surface area contributed by atoms with Crippen molar-refractivity contribution in [2.45, 2.75) is 18.1 Å². The monoisotopic (exact) mass is 453 g/mol. The molecule has 0 unspecified atom stereocenters. The highest BCUT2D eigenvalue weighted by atomic mass is 35.5. The van der Waals surface area contributed by atoms with Crippen molar-refractivity contribution in [1.82, 2.24) is 25.1 Å². The van der Waals surface area contributed by atoms with Gasteiger partial charge >= 0.3 is 0 Å². The molecule has 9 heteroatoms. The molecule has 1 N–H and O–H groups in total. The number of carbonyl (C=O) groups is 1. The largest absolute Gasteiger partial charge is 0.467 e. The van der Waals surface area contributed by atoms with Crippen molar-refractivity contribution in [2.75, 3.05) is 12.3 Å². The fraction of sp³-hybridized carbons (Fsp3) is 0.182. The Labute approximate surface area is 188 Å². The molecule has 0 saturated heterocycles. The highest BCUT2D eigenvalue weighted by Crippen LogP contribution is 2.24. The Hall–Kier alpha value is -3.10. The third-order valence-electron chi connectivity index (χ3n) is 4.51. The van der Waals surface area contributed by atoms with Gasteiger partial charge in [-0.3, -0.25) is 14.3 Å². The molecule has 0 aliphatic carbocycles. The smallest absolute Gasteiger partial charge is 0.230 e. The number of hydrogen-bond donors (Lipinski definition) is 1. The van der Waals surface area contributed by atoms with E-state index in [0.29, 0.717) is 29.1 Å². The van der Waals surface area contributed by atoms with E-state index < -0.39 is 0 Å². The van der Waals surface area contributed by atoms with E-state index in [9.17, 15) is 4.79 Å². The van der Waals surface area contributed by atoms with Crippen molar-refractivity contribution in [3.8, 4) is 11.4 Å². The Balaban J connectivity index is 1.38. The number of amides is 1. The first kappa shape index (κ1) is 21.1. The van der Waals surface area contributed by atoms with Crippen LogP contribution in [-0.4, -0.2) is 38.0 Å². The molecule has 158 valence electrons. The fourth-order valence-corrected chi connectivity index (χ4v) is 3.88. The molecule has 0 aliphatic rings. The third-order valence-corrected chi connectivity index (χ3v) is 5.73. The standard InChI is InChI=1S/C22H20ClN5O2S/c23-18-7-5-16(6-8-18)9-11-25-20(29)15-31-22-27-26-21(17-3-1-10-24-13-17)28(22)14-19-4-2-12-30-19/h1-8,10,12-13H,9,11,14-15H2,(H,25,29). The van der Waals surface area contributed by atoms with Gasteiger partial charge in [0, 0.05) is 29.5 Å². The fourth-order valence-electron chi connectivity index (χ4n) is 2.98. The van der Waals surface area contributed by atoms with Crippen molar-refractivity contribution in [1.29, 1.82) is 0 Å². The number of benzene rings is 1. The van der Waals surface area contributed by atoms with Crippen LogP contribution in [0.3, 0.4) is 0 Å². The Morgan fingerprint density at radius 3 is 2.74 bits per heavy atom. The first-order valence-electron chi connectivity index (χ1n) is 9.69. The number of nitrogens with one attached hydrogen (secondary N) is 1. The lowest BCUT2D eigenvalue weighted by molar-refractivity contribution is -0.118. The molecule has 3 aromatic heterocycles. The van der Waals surface area contributed by atoms with Crippen LogP contribution in [0.4, 0.5) is 0 Å². The van der Waals surface area contributed by atoms with Gasteiger partial charge in [-0.25, -0.2) is 0 Å². The Kier molecular flexibility index (Phi) is 7.01. The first-order valence-corrected chi connectivity index (χ1v) is 11.1. The molecular weight excluding hydrogens is 434 g/mol. The lowest BCUT2D eigenvalue weighted by Gasteiger charge is -2.09. The van der Waals surface area contributed by atoms with Crippen LogP contribution in [0.25, 0.3) is 11.4 Å². The average Bonchev–Trinajstić information content (AvgIpc) is 3.45. The Bertz CT molecular complexity index is 1110. The van der Waals surface area contributed by atoms with Gasteiger partial charge in [0.2, 0.25) is 5.91 Å². The van der Waals surface area contributed by atoms with Crippen LogP contribution in [0.1, 0.15) is 11.3 Å². The number of carbonyl (C=O) groups excluding carboxylic acids is 1. The highest BCUT2D eigenvalue weighted by molar-refractivity contribution is 7.99. The Morgan fingerprint density at radius 1 is 1.13 bits per heavy atom. The molecule has 4 aromatic rings. The molecule has 3 heterocycles. The molecule has 0 atom stereocenters. The summed E-state index contributed by atoms with van der Waals surface area (Å²) in [7, 11) is 0. The van der Waals surface area contributed by atoms with E-state index in [4.69, 9.17) is 16.0 Å². The van der Waals surface area contributed by atoms with Crippen molar-refractivity contribution in [3.05, 3.63) is 83.5 Å². The zero-order valence-electron chi connectivity index (χ0n) is 16.6. The summed E-state index contributed by atoms with van der Waals surface area (Å²) in [6, 6.07) is 15.1. The van der Waals surface area contributed by atoms with Gasteiger partial charge in [-0.1, -0.05) is 35.5 Å². The molecular formula is C22H20ClN5O2S. The van der Waals surface area contributed by atoms with E-state index in [2.05, 4.69) is 20.5 Å². The highest BCUT2D eigenvalue weighted by Gasteiger charge is 2.17. The number of halogens is 1. The van der Waals surface area contributed by atoms with Crippen LogP contribution in [0.2, 0.25) is 5.02 Å². The second-order valence-corrected chi connectivity index (χ2v) is 8.11. The summed E-state index contributed by atoms with van der Waals surface area (Å²) in [6.45, 7) is 1.02. The summed E-state index contributed by atoms with van der Waals surface area (Å²) >= 11 is 7.24. The minimum atomic E-state index is -0.0607. The molecule has 4 rings (SSSR count). The molecule has 0 spiro atoms. The quantitative estimate of drug-likeness (QED) is 0.384. The number of thioether (sulfide) groups is 1. The summed E-state index contributed by atoms with van der Waals surface area (Å²) in [6.07, 6.45) is 5.82. The Morgan fingerprint density at radius 2 is 2.00 bits per heavy atom. The number of furan rings is 1. The zero-order valence-corrected chi connectivity index (χ0v) is 18.1. The second-order valence-electron chi connectivity index (χ2n) is 6.73. The minimum Gasteiger partial charge on any atom is -0.467 e. The van der Waals surface area contributed by atoms with Crippen molar-refractivity contribution in [3.63, 3.8) is 0 Å². The van der Waals surface area contributed by atoms with Crippen LogP contribution in [0.5, 0.6) is 0 Å². The van der Waals surface area contributed by atoms with Crippen LogP contribution in [-0.2, 0) is 17.8 Å². The van der Waals surface area contributed by atoms with Gasteiger partial charge in [0.05, 0.1) is 18.6 Å². The van der Waals surface area contributed by atoms with Gasteiger partial charge in [0.1, 0.15) is 5.76 Å². The SMILES string of the molecule is O=C(CSc1nnc(-c2cccnc2)n1Cc1ccco1)NCCc1ccc(Cl)cc1. The maximum absolute atomic E-state index is 12.3. The molecule has 1 aromatic carbocycles. The summed E-state index contributed by atoms with van der Waals surface area (Å²) in [5.74, 6) is 1.63. The molecule has 31 heavy (non-hydrogen) atoms. The maximum Gasteiger partial charge on any atom is 0.230 e. The van der Waals surface area contributed by atoms with Crippen LogP contribution in [0, 0.1) is 0 Å². The van der Waals surface area contributed by atoms with Crippen LogP contribution in [0.15, 0.2) is 76.8 Å². The second kappa shape index (κ2) is 10.3. The summed E-state index contributed by atoms with van der Waals surface area (Å²) in [4.78, 5) is 16.5. The van der Waals surface area contributed by atoms with Crippen molar-refractivity contribution >= 4 is 29.3 Å². The molecule has 0 fully saturated rings. The maximum atomic E-state index is 12.3. The molecule has 0 aliphatic heterocycles. The van der Waals surface area contributed by atoms with Crippen molar-refractivity contribution in [2.24, 2.45) is 0 Å². The number of aromatic nitrogens is 4. The number of pyridine rings is 1. The predicted octanol–water partition coefficient (Wildman–Crippen LogP) is 4.09. The molecule has 7 nitrogen and oxygen atoms in total. The van der Waals surface area contributed by atoms with Gasteiger partial charge in [-0.2, -0.15) is 0 Å². The van der Waals surface area contributed by atoms with Gasteiger partial charge < -0.3 is 9.73 Å². The van der Waals surface area contributed by atoms with Gasteiger partial charge in [-0.15, -0.1) is 10.2 Å². The molecule has 0 radical (unpaired) electrons. The number of rotatable bonds is 9. The van der Waals surface area contributed by atoms with Crippen LogP contribution < -0.4 is 5.32 Å². The average molecular weight is 454 g/mol. The van der Waals surface area contributed by atoms with E-state index in [0.717, 1.165) is 23.3 Å². The van der Waals surface area contributed by atoms with Crippen molar-refractivity contribution < 1.29 is 9.21 Å². The third kappa shape index (κ3) is 5.74. The van der Waals surface area contributed by atoms with E-state index >= 15 is 0 Å². The zero-order chi connectivity index (χ0) is 21.5. The van der Waals surface area contributed by atoms with E-state index in [1.165, 1.54) is 11.8 Å². The minimum absolute atomic E-state index is 0.0607. The normalized spacial score (nSPS) is 10.9.